The zero-order valence-corrected chi connectivity index (χ0v) is 18.8. The Morgan fingerprint density at radius 3 is 2.58 bits per heavy atom. The summed E-state index contributed by atoms with van der Waals surface area (Å²) < 4.78 is 33.8. The second-order valence-electron chi connectivity index (χ2n) is 7.04. The van der Waals surface area contributed by atoms with E-state index in [1.807, 2.05) is 50.2 Å². The number of hydrogen-bond donors (Lipinski definition) is 1. The number of sulfonamides is 1. The largest absolute Gasteiger partial charge is 0.492 e. The fourth-order valence-electron chi connectivity index (χ4n) is 3.33. The SMILES string of the molecule is CCOc1ccccc1N/C=C1/C(=O)c2sccc2N(Cc2ccc(C)cc2)S1(=O)=O. The van der Waals surface area contributed by atoms with E-state index < -0.39 is 15.8 Å². The summed E-state index contributed by atoms with van der Waals surface area (Å²) in [7, 11) is -4.05. The second-order valence-corrected chi connectivity index (χ2v) is 9.79. The van der Waals surface area contributed by atoms with Crippen molar-refractivity contribution >= 4 is 38.5 Å². The maximum absolute atomic E-state index is 13.5. The van der Waals surface area contributed by atoms with Gasteiger partial charge in [0.15, 0.2) is 4.91 Å². The number of ether oxygens (including phenoxy) is 1. The molecule has 1 aromatic heterocycles. The molecule has 0 atom stereocenters. The first-order chi connectivity index (χ1) is 14.9. The van der Waals surface area contributed by atoms with E-state index in [-0.39, 0.29) is 11.4 Å². The molecule has 8 heteroatoms. The van der Waals surface area contributed by atoms with Crippen LogP contribution in [0, 0.1) is 6.92 Å². The highest BCUT2D eigenvalue weighted by Crippen LogP contribution is 2.39. The molecule has 0 bridgehead atoms. The molecule has 1 N–H and O–H groups in total. The number of ketones is 1. The minimum absolute atomic E-state index is 0.145. The van der Waals surface area contributed by atoms with Crippen molar-refractivity contribution in [2.45, 2.75) is 20.4 Å². The predicted molar refractivity (Wildman–Crippen MR) is 124 cm³/mol. The molecule has 0 saturated heterocycles. The van der Waals surface area contributed by atoms with Gasteiger partial charge in [-0.1, -0.05) is 42.0 Å². The summed E-state index contributed by atoms with van der Waals surface area (Å²) in [6, 6.07) is 16.5. The minimum Gasteiger partial charge on any atom is -0.492 e. The van der Waals surface area contributed by atoms with Crippen LogP contribution in [0.4, 0.5) is 11.4 Å². The number of fused-ring (bicyclic) bond motifs is 1. The van der Waals surface area contributed by atoms with Crippen molar-refractivity contribution in [3.63, 3.8) is 0 Å². The molecule has 0 aliphatic carbocycles. The van der Waals surface area contributed by atoms with Crippen LogP contribution >= 0.6 is 11.3 Å². The number of para-hydroxylation sites is 2. The number of rotatable bonds is 6. The number of nitrogens with one attached hydrogen (secondary N) is 1. The molecule has 0 amide bonds. The van der Waals surface area contributed by atoms with Crippen molar-refractivity contribution in [3.05, 3.63) is 87.1 Å². The summed E-state index contributed by atoms with van der Waals surface area (Å²) in [5.74, 6) is 0.0716. The molecular formula is C23H22N2O4S2. The molecule has 2 aromatic carbocycles. The lowest BCUT2D eigenvalue weighted by molar-refractivity contribution is 0.104. The number of allylic oxidation sites excluding steroid dienone is 1. The van der Waals surface area contributed by atoms with E-state index in [9.17, 15) is 13.2 Å². The third-order valence-electron chi connectivity index (χ3n) is 4.90. The number of hydrogen-bond acceptors (Lipinski definition) is 6. The molecule has 2 heterocycles. The van der Waals surface area contributed by atoms with Crippen LogP contribution in [0.5, 0.6) is 5.75 Å². The van der Waals surface area contributed by atoms with Gasteiger partial charge in [-0.2, -0.15) is 0 Å². The van der Waals surface area contributed by atoms with Crippen LogP contribution in [0.3, 0.4) is 0 Å². The molecular weight excluding hydrogens is 432 g/mol. The molecule has 31 heavy (non-hydrogen) atoms. The highest BCUT2D eigenvalue weighted by Gasteiger charge is 2.41. The number of Topliss-reactive ketones (excluding diaryl/α,β-unsaturated/α-hetero) is 1. The third kappa shape index (κ3) is 4.08. The maximum Gasteiger partial charge on any atom is 0.270 e. The molecule has 0 spiro atoms. The molecule has 1 aliphatic rings. The smallest absolute Gasteiger partial charge is 0.270 e. The monoisotopic (exact) mass is 454 g/mol. The third-order valence-corrected chi connectivity index (χ3v) is 7.57. The molecule has 4 rings (SSSR count). The van der Waals surface area contributed by atoms with Crippen LogP contribution in [-0.4, -0.2) is 20.8 Å². The van der Waals surface area contributed by atoms with Crippen molar-refractivity contribution in [2.24, 2.45) is 0 Å². The van der Waals surface area contributed by atoms with E-state index in [0.717, 1.165) is 11.1 Å². The predicted octanol–water partition coefficient (Wildman–Crippen LogP) is 4.94. The number of aryl methyl sites for hydroxylation is 1. The standard InChI is InChI=1S/C23H22N2O4S2/c1-3-29-20-7-5-4-6-18(20)24-14-21-22(26)23-19(12-13-30-23)25(31(21,27)28)15-17-10-8-16(2)9-11-17/h4-14,24H,3,15H2,1-2H3/b21-14-. The Morgan fingerprint density at radius 1 is 1.10 bits per heavy atom. The highest BCUT2D eigenvalue weighted by atomic mass is 32.2. The topological polar surface area (TPSA) is 75.7 Å². The maximum atomic E-state index is 13.5. The van der Waals surface area contributed by atoms with Gasteiger partial charge in [-0.05, 0) is 43.0 Å². The number of benzene rings is 2. The van der Waals surface area contributed by atoms with Gasteiger partial charge in [0.05, 0.1) is 24.5 Å². The zero-order chi connectivity index (χ0) is 22.0. The first-order valence-electron chi connectivity index (χ1n) is 9.81. The number of nitrogens with zero attached hydrogens (tertiary/aromatic N) is 1. The fourth-order valence-corrected chi connectivity index (χ4v) is 5.81. The molecule has 1 aliphatic heterocycles. The van der Waals surface area contributed by atoms with Gasteiger partial charge < -0.3 is 10.1 Å². The van der Waals surface area contributed by atoms with E-state index in [2.05, 4.69) is 5.32 Å². The Labute approximate surface area is 185 Å². The van der Waals surface area contributed by atoms with Crippen molar-refractivity contribution in [1.29, 1.82) is 0 Å². The van der Waals surface area contributed by atoms with Crippen molar-refractivity contribution in [1.82, 2.24) is 0 Å². The van der Waals surface area contributed by atoms with Crippen LogP contribution in [0.1, 0.15) is 27.7 Å². The zero-order valence-electron chi connectivity index (χ0n) is 17.2. The van der Waals surface area contributed by atoms with E-state index >= 15 is 0 Å². The average Bonchev–Trinajstić information content (AvgIpc) is 3.23. The summed E-state index contributed by atoms with van der Waals surface area (Å²) in [6.45, 7) is 4.46. The van der Waals surface area contributed by atoms with Gasteiger partial charge in [0.2, 0.25) is 5.78 Å². The summed E-state index contributed by atoms with van der Waals surface area (Å²) >= 11 is 1.24. The Hall–Kier alpha value is -3.10. The van der Waals surface area contributed by atoms with E-state index in [1.165, 1.54) is 21.8 Å². The van der Waals surface area contributed by atoms with Crippen molar-refractivity contribution in [3.8, 4) is 5.75 Å². The van der Waals surface area contributed by atoms with Crippen LogP contribution < -0.4 is 14.4 Å². The van der Waals surface area contributed by atoms with Crippen LogP contribution in [-0.2, 0) is 16.6 Å². The molecule has 6 nitrogen and oxygen atoms in total. The first-order valence-corrected chi connectivity index (χ1v) is 12.1. The molecule has 0 unspecified atom stereocenters. The first kappa shape index (κ1) is 21.1. The Balaban J connectivity index is 1.73. The molecule has 0 saturated carbocycles. The Kier molecular flexibility index (Phi) is 5.84. The van der Waals surface area contributed by atoms with Gasteiger partial charge >= 0.3 is 0 Å². The summed E-state index contributed by atoms with van der Waals surface area (Å²) in [5, 5.41) is 4.70. The lowest BCUT2D eigenvalue weighted by Crippen LogP contribution is -2.38. The lowest BCUT2D eigenvalue weighted by Gasteiger charge is -2.29. The van der Waals surface area contributed by atoms with Gasteiger partial charge in [-0.3, -0.25) is 9.10 Å². The van der Waals surface area contributed by atoms with Crippen molar-refractivity contribution in [2.75, 3.05) is 16.2 Å². The van der Waals surface area contributed by atoms with Crippen LogP contribution in [0.25, 0.3) is 0 Å². The number of thiophene rings is 1. The van der Waals surface area contributed by atoms with Crippen LogP contribution in [0.15, 0.2) is 71.1 Å². The van der Waals surface area contributed by atoms with E-state index in [0.29, 0.717) is 28.6 Å². The Bertz CT molecular complexity index is 1240. The van der Waals surface area contributed by atoms with Gasteiger partial charge in [0.25, 0.3) is 10.0 Å². The normalized spacial score (nSPS) is 16.3. The van der Waals surface area contributed by atoms with E-state index in [4.69, 9.17) is 4.74 Å². The molecule has 3 aromatic rings. The second kappa shape index (κ2) is 8.56. The number of carbonyl (C=O) groups excluding carboxylic acids is 1. The highest BCUT2D eigenvalue weighted by molar-refractivity contribution is 7.97. The lowest BCUT2D eigenvalue weighted by atomic mass is 10.1. The van der Waals surface area contributed by atoms with Crippen LogP contribution in [0.2, 0.25) is 0 Å². The summed E-state index contributed by atoms with van der Waals surface area (Å²) in [4.78, 5) is 13.2. The fraction of sp³-hybridized carbons (Fsp3) is 0.174. The number of carbonyl (C=O) groups is 1. The summed E-state index contributed by atoms with van der Waals surface area (Å²) in [5.41, 5.74) is 2.94. The summed E-state index contributed by atoms with van der Waals surface area (Å²) in [6.07, 6.45) is 1.26. The van der Waals surface area contributed by atoms with Gasteiger partial charge in [0.1, 0.15) is 10.6 Å². The average molecular weight is 455 g/mol. The molecule has 0 fully saturated rings. The minimum atomic E-state index is -4.05. The Morgan fingerprint density at radius 2 is 1.84 bits per heavy atom. The van der Waals surface area contributed by atoms with Gasteiger partial charge in [0, 0.05) is 6.20 Å². The number of anilines is 2. The quantitative estimate of drug-likeness (QED) is 0.534. The van der Waals surface area contributed by atoms with Crippen molar-refractivity contribution < 1.29 is 17.9 Å². The molecule has 160 valence electrons. The van der Waals surface area contributed by atoms with Gasteiger partial charge in [-0.25, -0.2) is 8.42 Å². The van der Waals surface area contributed by atoms with E-state index in [1.54, 1.807) is 23.6 Å². The van der Waals surface area contributed by atoms with Gasteiger partial charge in [-0.15, -0.1) is 11.3 Å². The molecule has 0 radical (unpaired) electrons.